The fourth-order valence-corrected chi connectivity index (χ4v) is 4.44. The van der Waals surface area contributed by atoms with Crippen molar-refractivity contribution in [1.82, 2.24) is 19.7 Å². The number of hydrogen-bond acceptors (Lipinski definition) is 7. The van der Waals surface area contributed by atoms with Gasteiger partial charge in [0.1, 0.15) is 11.4 Å². The van der Waals surface area contributed by atoms with Gasteiger partial charge in [0.05, 0.1) is 22.5 Å². The lowest BCUT2D eigenvalue weighted by Crippen LogP contribution is -2.23. The highest BCUT2D eigenvalue weighted by Crippen LogP contribution is 2.28. The summed E-state index contributed by atoms with van der Waals surface area (Å²) < 4.78 is 1.61. The second kappa shape index (κ2) is 9.13. The summed E-state index contributed by atoms with van der Waals surface area (Å²) in [6.07, 6.45) is 2.17. The third kappa shape index (κ3) is 4.42. The van der Waals surface area contributed by atoms with E-state index >= 15 is 0 Å². The third-order valence-electron chi connectivity index (χ3n) is 6.26. The van der Waals surface area contributed by atoms with Crippen LogP contribution in [0.4, 0.5) is 17.3 Å². The largest absolute Gasteiger partial charge is 0.354 e. The molecule has 1 saturated heterocycles. The van der Waals surface area contributed by atoms with E-state index in [1.54, 1.807) is 30.7 Å². The molecular weight excluding hydrogens is 446 g/mol. The predicted octanol–water partition coefficient (Wildman–Crippen LogP) is 4.25. The molecule has 10 nitrogen and oxygen atoms in total. The number of aryl methyl sites for hydroxylation is 1. The number of para-hydroxylation sites is 2. The third-order valence-corrected chi connectivity index (χ3v) is 6.26. The number of nitrogens with one attached hydrogen (secondary N) is 1. The van der Waals surface area contributed by atoms with Crippen LogP contribution < -0.4 is 10.2 Å². The standard InChI is InChI=1S/C25H25N7O3/c1-16-22(32(34)35)17(2)31(29-16)15-18-9-11-19(12-10-18)25(33)28-23-24(30-13-5-6-14-30)27-21-8-4-3-7-20(21)26-23/h3-4,7-12H,5-6,13-15H2,1-2H3,(H,26,28,33). The number of benzene rings is 2. The van der Waals surface area contributed by atoms with Gasteiger partial charge < -0.3 is 10.2 Å². The van der Waals surface area contributed by atoms with Gasteiger partial charge in [-0.05, 0) is 56.5 Å². The van der Waals surface area contributed by atoms with Gasteiger partial charge in [-0.3, -0.25) is 19.6 Å². The van der Waals surface area contributed by atoms with E-state index < -0.39 is 4.92 Å². The van der Waals surface area contributed by atoms with Crippen molar-refractivity contribution in [2.75, 3.05) is 23.3 Å². The summed E-state index contributed by atoms with van der Waals surface area (Å²) in [4.78, 5) is 35.6. The summed E-state index contributed by atoms with van der Waals surface area (Å²) in [5.41, 5.74) is 3.79. The second-order valence-corrected chi connectivity index (χ2v) is 8.66. The van der Waals surface area contributed by atoms with Gasteiger partial charge in [0.15, 0.2) is 11.6 Å². The monoisotopic (exact) mass is 471 g/mol. The molecule has 1 amide bonds. The number of carbonyl (C=O) groups excluding carboxylic acids is 1. The van der Waals surface area contributed by atoms with Crippen LogP contribution in [0.2, 0.25) is 0 Å². The normalized spacial score (nSPS) is 13.4. The minimum absolute atomic E-state index is 0.0336. The Morgan fingerprint density at radius 2 is 1.69 bits per heavy atom. The van der Waals surface area contributed by atoms with Crippen LogP contribution >= 0.6 is 0 Å². The van der Waals surface area contributed by atoms with E-state index in [4.69, 9.17) is 9.97 Å². The van der Waals surface area contributed by atoms with Gasteiger partial charge in [-0.15, -0.1) is 0 Å². The molecule has 0 atom stereocenters. The highest BCUT2D eigenvalue weighted by molar-refractivity contribution is 6.05. The maximum Gasteiger partial charge on any atom is 0.312 e. The lowest BCUT2D eigenvalue weighted by Gasteiger charge is -2.20. The van der Waals surface area contributed by atoms with Crippen LogP contribution in [0.1, 0.15) is 40.2 Å². The molecule has 1 N–H and O–H groups in total. The number of rotatable bonds is 6. The van der Waals surface area contributed by atoms with Crippen molar-refractivity contribution in [3.05, 3.63) is 81.2 Å². The van der Waals surface area contributed by atoms with E-state index in [-0.39, 0.29) is 11.6 Å². The fraction of sp³-hybridized carbons (Fsp3) is 0.280. The number of fused-ring (bicyclic) bond motifs is 1. The number of amides is 1. The number of aromatic nitrogens is 4. The van der Waals surface area contributed by atoms with Crippen molar-refractivity contribution in [2.45, 2.75) is 33.2 Å². The molecule has 10 heteroatoms. The highest BCUT2D eigenvalue weighted by atomic mass is 16.6. The van der Waals surface area contributed by atoms with Crippen LogP contribution in [0.5, 0.6) is 0 Å². The van der Waals surface area contributed by atoms with Crippen molar-refractivity contribution in [3.63, 3.8) is 0 Å². The van der Waals surface area contributed by atoms with Crippen LogP contribution in [-0.4, -0.2) is 43.7 Å². The Morgan fingerprint density at radius 3 is 2.31 bits per heavy atom. The van der Waals surface area contributed by atoms with E-state index in [0.717, 1.165) is 42.5 Å². The Kier molecular flexibility index (Phi) is 5.86. The van der Waals surface area contributed by atoms with Gasteiger partial charge >= 0.3 is 5.69 Å². The molecule has 1 fully saturated rings. The molecule has 3 heterocycles. The molecule has 4 aromatic rings. The number of nitrogens with zero attached hydrogens (tertiary/aromatic N) is 6. The number of carbonyl (C=O) groups is 1. The van der Waals surface area contributed by atoms with E-state index in [0.29, 0.717) is 35.1 Å². The van der Waals surface area contributed by atoms with Crippen molar-refractivity contribution in [1.29, 1.82) is 0 Å². The first kappa shape index (κ1) is 22.5. The Balaban J connectivity index is 1.37. The molecule has 0 aliphatic carbocycles. The molecule has 0 bridgehead atoms. The van der Waals surface area contributed by atoms with Crippen molar-refractivity contribution in [2.24, 2.45) is 0 Å². The fourth-order valence-electron chi connectivity index (χ4n) is 4.44. The molecule has 2 aromatic heterocycles. The zero-order valence-electron chi connectivity index (χ0n) is 19.6. The Morgan fingerprint density at radius 1 is 1.03 bits per heavy atom. The topological polar surface area (TPSA) is 119 Å². The van der Waals surface area contributed by atoms with Crippen molar-refractivity contribution >= 4 is 34.3 Å². The lowest BCUT2D eigenvalue weighted by molar-refractivity contribution is -0.386. The quantitative estimate of drug-likeness (QED) is 0.330. The molecule has 1 aliphatic rings. The lowest BCUT2D eigenvalue weighted by atomic mass is 10.1. The summed E-state index contributed by atoms with van der Waals surface area (Å²) in [7, 11) is 0. The number of anilines is 2. The van der Waals surface area contributed by atoms with Crippen LogP contribution in [0, 0.1) is 24.0 Å². The van der Waals surface area contributed by atoms with Crippen LogP contribution in [0.15, 0.2) is 48.5 Å². The molecule has 0 spiro atoms. The zero-order valence-corrected chi connectivity index (χ0v) is 19.6. The van der Waals surface area contributed by atoms with E-state index in [2.05, 4.69) is 15.3 Å². The Labute approximate surface area is 201 Å². The van der Waals surface area contributed by atoms with Crippen LogP contribution in [-0.2, 0) is 6.54 Å². The van der Waals surface area contributed by atoms with Gasteiger partial charge in [-0.2, -0.15) is 5.10 Å². The average molecular weight is 472 g/mol. The summed E-state index contributed by atoms with van der Waals surface area (Å²) in [6, 6.07) is 14.7. The predicted molar refractivity (Wildman–Crippen MR) is 133 cm³/mol. The highest BCUT2D eigenvalue weighted by Gasteiger charge is 2.23. The Hall–Kier alpha value is -4.34. The molecule has 178 valence electrons. The maximum absolute atomic E-state index is 13.1. The van der Waals surface area contributed by atoms with E-state index in [1.165, 1.54) is 0 Å². The van der Waals surface area contributed by atoms with E-state index in [1.807, 2.05) is 36.4 Å². The smallest absolute Gasteiger partial charge is 0.312 e. The summed E-state index contributed by atoms with van der Waals surface area (Å²) in [6.45, 7) is 5.45. The van der Waals surface area contributed by atoms with Gasteiger partial charge in [-0.1, -0.05) is 24.3 Å². The Bertz CT molecular complexity index is 1420. The van der Waals surface area contributed by atoms with Crippen LogP contribution in [0.3, 0.4) is 0 Å². The van der Waals surface area contributed by atoms with Gasteiger partial charge in [-0.25, -0.2) is 9.97 Å². The van der Waals surface area contributed by atoms with Gasteiger partial charge in [0.2, 0.25) is 0 Å². The zero-order chi connectivity index (χ0) is 24.5. The summed E-state index contributed by atoms with van der Waals surface area (Å²) in [5.74, 6) is 0.871. The summed E-state index contributed by atoms with van der Waals surface area (Å²) >= 11 is 0. The second-order valence-electron chi connectivity index (χ2n) is 8.66. The SMILES string of the molecule is Cc1nn(Cc2ccc(C(=O)Nc3nc4ccccc4nc3N3CCCC3)cc2)c(C)c1[N+](=O)[O-]. The minimum Gasteiger partial charge on any atom is -0.354 e. The van der Waals surface area contributed by atoms with Crippen molar-refractivity contribution < 1.29 is 9.72 Å². The average Bonchev–Trinajstić information content (AvgIpc) is 3.47. The first-order valence-electron chi connectivity index (χ1n) is 11.5. The van der Waals surface area contributed by atoms with E-state index in [9.17, 15) is 14.9 Å². The maximum atomic E-state index is 13.1. The minimum atomic E-state index is -0.409. The van der Waals surface area contributed by atoms with Gasteiger partial charge in [0.25, 0.3) is 5.91 Å². The molecule has 0 radical (unpaired) electrons. The van der Waals surface area contributed by atoms with Crippen LogP contribution in [0.25, 0.3) is 11.0 Å². The van der Waals surface area contributed by atoms with Crippen molar-refractivity contribution in [3.8, 4) is 0 Å². The number of nitro groups is 1. The molecule has 35 heavy (non-hydrogen) atoms. The molecule has 2 aromatic carbocycles. The molecule has 0 saturated carbocycles. The molecular formula is C25H25N7O3. The van der Waals surface area contributed by atoms with Gasteiger partial charge in [0, 0.05) is 18.7 Å². The first-order valence-corrected chi connectivity index (χ1v) is 11.5. The summed E-state index contributed by atoms with van der Waals surface area (Å²) in [5, 5.41) is 18.5. The molecule has 1 aliphatic heterocycles. The molecule has 5 rings (SSSR count). The first-order chi connectivity index (χ1) is 16.9. The molecule has 0 unspecified atom stereocenters. The number of hydrogen-bond donors (Lipinski definition) is 1.